The van der Waals surface area contributed by atoms with Gasteiger partial charge >= 0.3 is 0 Å². The van der Waals surface area contributed by atoms with E-state index in [2.05, 4.69) is 15.6 Å². The Morgan fingerprint density at radius 2 is 1.86 bits per heavy atom. The fourth-order valence-electron chi connectivity index (χ4n) is 1.55. The van der Waals surface area contributed by atoms with Gasteiger partial charge in [-0.2, -0.15) is 0 Å². The molecule has 1 aromatic heterocycles. The standard InChI is InChI=1S/C13H11ClFN3O2S/c14-11-10(21-7-18-11)13(20)17-6-5-16-12(19)8-3-1-2-4-9(8)15/h1-4,7H,5-6H2,(H,16,19)(H,17,20). The molecular formula is C13H11ClFN3O2S. The van der Waals surface area contributed by atoms with Gasteiger partial charge in [0.25, 0.3) is 11.8 Å². The second-order valence-corrected chi connectivity index (χ2v) is 5.18. The SMILES string of the molecule is O=C(NCCNC(=O)c1scnc1Cl)c1ccccc1F. The molecule has 2 amide bonds. The molecule has 0 saturated carbocycles. The molecule has 0 radical (unpaired) electrons. The molecule has 0 fully saturated rings. The third-order valence-corrected chi connectivity index (χ3v) is 3.77. The molecule has 0 aliphatic carbocycles. The Hall–Kier alpha value is -1.99. The van der Waals surface area contributed by atoms with Crippen molar-refractivity contribution >= 4 is 34.8 Å². The Kier molecular flexibility index (Phi) is 5.24. The Morgan fingerprint density at radius 1 is 1.19 bits per heavy atom. The van der Waals surface area contributed by atoms with Crippen molar-refractivity contribution in [2.24, 2.45) is 0 Å². The quantitative estimate of drug-likeness (QED) is 0.826. The number of carbonyl (C=O) groups is 2. The van der Waals surface area contributed by atoms with Gasteiger partial charge in [-0.05, 0) is 12.1 Å². The van der Waals surface area contributed by atoms with Gasteiger partial charge in [-0.1, -0.05) is 23.7 Å². The van der Waals surface area contributed by atoms with Crippen LogP contribution >= 0.6 is 22.9 Å². The minimum atomic E-state index is -0.588. The largest absolute Gasteiger partial charge is 0.350 e. The molecule has 0 unspecified atom stereocenters. The van der Waals surface area contributed by atoms with Crippen molar-refractivity contribution in [3.8, 4) is 0 Å². The van der Waals surface area contributed by atoms with E-state index in [0.29, 0.717) is 4.88 Å². The lowest BCUT2D eigenvalue weighted by atomic mass is 10.2. The highest BCUT2D eigenvalue weighted by Gasteiger charge is 2.13. The number of benzene rings is 1. The predicted molar refractivity (Wildman–Crippen MR) is 78.2 cm³/mol. The molecule has 0 atom stereocenters. The van der Waals surface area contributed by atoms with Crippen LogP contribution in [0.15, 0.2) is 29.8 Å². The van der Waals surface area contributed by atoms with Gasteiger partial charge in [0.1, 0.15) is 10.7 Å². The number of nitrogens with zero attached hydrogens (tertiary/aromatic N) is 1. The number of aromatic nitrogens is 1. The van der Waals surface area contributed by atoms with Crippen molar-refractivity contribution in [2.45, 2.75) is 0 Å². The molecule has 1 aromatic carbocycles. The summed E-state index contributed by atoms with van der Waals surface area (Å²) >= 11 is 6.85. The maximum absolute atomic E-state index is 13.4. The number of hydrogen-bond donors (Lipinski definition) is 2. The van der Waals surface area contributed by atoms with Gasteiger partial charge in [0.05, 0.1) is 11.1 Å². The first-order valence-electron chi connectivity index (χ1n) is 5.99. The van der Waals surface area contributed by atoms with Crippen molar-refractivity contribution in [1.82, 2.24) is 15.6 Å². The topological polar surface area (TPSA) is 71.1 Å². The highest BCUT2D eigenvalue weighted by atomic mass is 35.5. The zero-order valence-corrected chi connectivity index (χ0v) is 12.3. The maximum Gasteiger partial charge on any atom is 0.264 e. The summed E-state index contributed by atoms with van der Waals surface area (Å²) in [5.74, 6) is -1.48. The fraction of sp³-hybridized carbons (Fsp3) is 0.154. The van der Waals surface area contributed by atoms with Crippen molar-refractivity contribution in [2.75, 3.05) is 13.1 Å². The van der Waals surface area contributed by atoms with Crippen LogP contribution in [0.3, 0.4) is 0 Å². The monoisotopic (exact) mass is 327 g/mol. The number of halogens is 2. The van der Waals surface area contributed by atoms with Crippen LogP contribution in [0, 0.1) is 5.82 Å². The van der Waals surface area contributed by atoms with Gasteiger partial charge in [0, 0.05) is 13.1 Å². The number of rotatable bonds is 5. The van der Waals surface area contributed by atoms with E-state index in [9.17, 15) is 14.0 Å². The van der Waals surface area contributed by atoms with Gasteiger partial charge in [-0.3, -0.25) is 9.59 Å². The molecule has 1 heterocycles. The summed E-state index contributed by atoms with van der Waals surface area (Å²) in [6.07, 6.45) is 0. The van der Waals surface area contributed by atoms with Crippen LogP contribution in [0.4, 0.5) is 4.39 Å². The van der Waals surface area contributed by atoms with E-state index in [1.54, 1.807) is 6.07 Å². The van der Waals surface area contributed by atoms with Gasteiger partial charge < -0.3 is 10.6 Å². The third kappa shape index (κ3) is 3.99. The maximum atomic E-state index is 13.4. The summed E-state index contributed by atoms with van der Waals surface area (Å²) in [4.78, 5) is 27.5. The molecule has 0 saturated heterocycles. The lowest BCUT2D eigenvalue weighted by molar-refractivity contribution is 0.0927. The highest BCUT2D eigenvalue weighted by molar-refractivity contribution is 7.12. The van der Waals surface area contributed by atoms with Crippen molar-refractivity contribution < 1.29 is 14.0 Å². The highest BCUT2D eigenvalue weighted by Crippen LogP contribution is 2.17. The molecule has 0 bridgehead atoms. The number of thiazole rings is 1. The first-order valence-corrected chi connectivity index (χ1v) is 7.25. The second-order valence-electron chi connectivity index (χ2n) is 3.96. The number of hydrogen-bond acceptors (Lipinski definition) is 4. The zero-order chi connectivity index (χ0) is 15.2. The lowest BCUT2D eigenvalue weighted by Crippen LogP contribution is -2.34. The van der Waals surface area contributed by atoms with Crippen molar-refractivity contribution in [3.63, 3.8) is 0 Å². The smallest absolute Gasteiger partial charge is 0.264 e. The summed E-state index contributed by atoms with van der Waals surface area (Å²) in [6.45, 7) is 0.378. The van der Waals surface area contributed by atoms with Crippen LogP contribution in [0.2, 0.25) is 5.15 Å². The average Bonchev–Trinajstić information content (AvgIpc) is 2.90. The molecule has 2 rings (SSSR count). The number of nitrogens with one attached hydrogen (secondary N) is 2. The zero-order valence-electron chi connectivity index (χ0n) is 10.7. The van der Waals surface area contributed by atoms with Gasteiger partial charge in [-0.25, -0.2) is 9.37 Å². The van der Waals surface area contributed by atoms with Crippen LogP contribution < -0.4 is 10.6 Å². The Morgan fingerprint density at radius 3 is 2.48 bits per heavy atom. The van der Waals surface area contributed by atoms with Crippen LogP contribution in [-0.4, -0.2) is 29.9 Å². The van der Waals surface area contributed by atoms with E-state index < -0.39 is 11.7 Å². The molecule has 5 nitrogen and oxygen atoms in total. The Labute approximate surface area is 129 Å². The summed E-state index contributed by atoms with van der Waals surface area (Å²) in [7, 11) is 0. The van der Waals surface area contributed by atoms with Crippen LogP contribution in [0.5, 0.6) is 0 Å². The summed E-state index contributed by atoms with van der Waals surface area (Å²) in [5.41, 5.74) is 1.44. The minimum absolute atomic E-state index is 0.0330. The first-order chi connectivity index (χ1) is 10.1. The molecule has 8 heteroatoms. The lowest BCUT2D eigenvalue weighted by Gasteiger charge is -2.07. The number of carbonyl (C=O) groups excluding carboxylic acids is 2. The first kappa shape index (κ1) is 15.4. The van der Waals surface area contributed by atoms with Crippen molar-refractivity contribution in [1.29, 1.82) is 0 Å². The number of amides is 2. The van der Waals surface area contributed by atoms with Gasteiger partial charge in [0.15, 0.2) is 5.15 Å². The molecule has 0 aliphatic heterocycles. The van der Waals surface area contributed by atoms with Gasteiger partial charge in [-0.15, -0.1) is 11.3 Å². The van der Waals surface area contributed by atoms with E-state index in [4.69, 9.17) is 11.6 Å². The van der Waals surface area contributed by atoms with E-state index in [1.165, 1.54) is 23.7 Å². The van der Waals surface area contributed by atoms with E-state index in [-0.39, 0.29) is 29.7 Å². The summed E-state index contributed by atoms with van der Waals surface area (Å²) in [5, 5.41) is 5.25. The summed E-state index contributed by atoms with van der Waals surface area (Å²) < 4.78 is 13.4. The second kappa shape index (κ2) is 7.14. The molecule has 2 aromatic rings. The van der Waals surface area contributed by atoms with Gasteiger partial charge in [0.2, 0.25) is 0 Å². The Bertz CT molecular complexity index is 662. The summed E-state index contributed by atoms with van der Waals surface area (Å²) in [6, 6.07) is 5.68. The van der Waals surface area contributed by atoms with E-state index in [0.717, 1.165) is 11.3 Å². The van der Waals surface area contributed by atoms with E-state index in [1.807, 2.05) is 0 Å². The predicted octanol–water partition coefficient (Wildman–Crippen LogP) is 2.10. The molecule has 2 N–H and O–H groups in total. The normalized spacial score (nSPS) is 10.2. The van der Waals surface area contributed by atoms with Crippen LogP contribution in [0.1, 0.15) is 20.0 Å². The molecular weight excluding hydrogens is 317 g/mol. The third-order valence-electron chi connectivity index (χ3n) is 2.54. The molecule has 0 spiro atoms. The van der Waals surface area contributed by atoms with Crippen molar-refractivity contribution in [3.05, 3.63) is 51.2 Å². The molecule has 110 valence electrons. The van der Waals surface area contributed by atoms with Crippen LogP contribution in [-0.2, 0) is 0 Å². The minimum Gasteiger partial charge on any atom is -0.350 e. The van der Waals surface area contributed by atoms with Crippen LogP contribution in [0.25, 0.3) is 0 Å². The average molecular weight is 328 g/mol. The Balaban J connectivity index is 1.78. The van der Waals surface area contributed by atoms with E-state index >= 15 is 0 Å². The molecule has 0 aliphatic rings. The molecule has 21 heavy (non-hydrogen) atoms. The fourth-order valence-corrected chi connectivity index (χ4v) is 2.47.